The summed E-state index contributed by atoms with van der Waals surface area (Å²) in [5, 5.41) is 0.393. The number of halogens is 1. The highest BCUT2D eigenvalue weighted by molar-refractivity contribution is 9.10. The standard InChI is InChI=1S/C18H16BrN5O3S/c1-3-6-24-17(27)12-5-4-10(7-13(12)20-18(24)28)15(25)21-22-16(26)14-8-11(19)9-23(14)2/h3-5,7-9H,1,6H2,2H3,(H,20,28)(H,21,25)(H,22,26). The number of hydrogen-bond donors (Lipinski definition) is 3. The first-order valence-electron chi connectivity index (χ1n) is 8.12. The second-order valence-electron chi connectivity index (χ2n) is 5.96. The second-order valence-corrected chi connectivity index (χ2v) is 7.26. The van der Waals surface area contributed by atoms with Gasteiger partial charge in [-0.2, -0.15) is 0 Å². The van der Waals surface area contributed by atoms with E-state index >= 15 is 0 Å². The van der Waals surface area contributed by atoms with Crippen molar-refractivity contribution in [3.63, 3.8) is 0 Å². The Kier molecular flexibility index (Phi) is 5.61. The summed E-state index contributed by atoms with van der Waals surface area (Å²) in [6, 6.07) is 6.17. The van der Waals surface area contributed by atoms with Crippen molar-refractivity contribution < 1.29 is 9.59 Å². The first-order chi connectivity index (χ1) is 13.3. The van der Waals surface area contributed by atoms with E-state index in [1.807, 2.05) is 0 Å². The normalized spacial score (nSPS) is 10.6. The molecule has 0 fully saturated rings. The van der Waals surface area contributed by atoms with E-state index in [1.54, 1.807) is 30.0 Å². The van der Waals surface area contributed by atoms with Crippen LogP contribution in [0.4, 0.5) is 0 Å². The van der Waals surface area contributed by atoms with Gasteiger partial charge in [0.25, 0.3) is 17.4 Å². The van der Waals surface area contributed by atoms with Gasteiger partial charge in [0.05, 0.1) is 10.9 Å². The molecule has 0 spiro atoms. The highest BCUT2D eigenvalue weighted by Crippen LogP contribution is 2.13. The molecule has 3 rings (SSSR count). The number of amides is 2. The van der Waals surface area contributed by atoms with Crippen LogP contribution in [0.5, 0.6) is 0 Å². The molecule has 0 atom stereocenters. The van der Waals surface area contributed by atoms with Crippen LogP contribution in [0.15, 0.2) is 52.4 Å². The maximum Gasteiger partial charge on any atom is 0.286 e. The first kappa shape index (κ1) is 19.8. The molecule has 3 N–H and O–H groups in total. The largest absolute Gasteiger partial charge is 0.345 e. The number of aromatic amines is 1. The molecule has 10 heteroatoms. The topological polar surface area (TPSA) is 101 Å². The minimum absolute atomic E-state index is 0.234. The van der Waals surface area contributed by atoms with Gasteiger partial charge >= 0.3 is 0 Å². The molecule has 0 radical (unpaired) electrons. The van der Waals surface area contributed by atoms with E-state index in [4.69, 9.17) is 12.2 Å². The van der Waals surface area contributed by atoms with Crippen molar-refractivity contribution in [2.24, 2.45) is 7.05 Å². The summed E-state index contributed by atoms with van der Waals surface area (Å²) in [5.41, 5.74) is 5.51. The van der Waals surface area contributed by atoms with E-state index in [0.29, 0.717) is 16.6 Å². The molecule has 0 bridgehead atoms. The Morgan fingerprint density at radius 2 is 2.00 bits per heavy atom. The smallest absolute Gasteiger partial charge is 0.286 e. The van der Waals surface area contributed by atoms with E-state index in [-0.39, 0.29) is 22.4 Å². The molecule has 0 saturated heterocycles. The van der Waals surface area contributed by atoms with E-state index in [0.717, 1.165) is 4.47 Å². The number of allylic oxidation sites excluding steroid dienone is 1. The quantitative estimate of drug-likeness (QED) is 0.315. The first-order valence-corrected chi connectivity index (χ1v) is 9.32. The fraction of sp³-hybridized carbons (Fsp3) is 0.111. The van der Waals surface area contributed by atoms with Crippen molar-refractivity contribution in [3.05, 3.63) is 74.0 Å². The fourth-order valence-electron chi connectivity index (χ4n) is 2.69. The average molecular weight is 462 g/mol. The summed E-state index contributed by atoms with van der Waals surface area (Å²) in [5.74, 6) is -0.993. The molecule has 0 aliphatic rings. The van der Waals surface area contributed by atoms with E-state index in [2.05, 4.69) is 38.3 Å². The van der Waals surface area contributed by atoms with Crippen LogP contribution in [0.3, 0.4) is 0 Å². The van der Waals surface area contributed by atoms with Crippen LogP contribution < -0.4 is 16.4 Å². The van der Waals surface area contributed by atoms with Gasteiger partial charge in [0.2, 0.25) is 0 Å². The van der Waals surface area contributed by atoms with Gasteiger partial charge < -0.3 is 9.55 Å². The van der Waals surface area contributed by atoms with Gasteiger partial charge in [-0.15, -0.1) is 6.58 Å². The Morgan fingerprint density at radius 1 is 1.29 bits per heavy atom. The predicted octanol–water partition coefficient (Wildman–Crippen LogP) is 2.42. The Bertz CT molecular complexity index is 1220. The molecule has 144 valence electrons. The number of hydrogen-bond acceptors (Lipinski definition) is 4. The number of fused-ring (bicyclic) bond motifs is 1. The SMILES string of the molecule is C=CCn1c(=S)[nH]c2cc(C(=O)NNC(=O)c3cc(Br)cn3C)ccc2c1=O. The van der Waals surface area contributed by atoms with Gasteiger partial charge in [-0.25, -0.2) is 0 Å². The molecule has 2 heterocycles. The summed E-state index contributed by atoms with van der Waals surface area (Å²) in [6.45, 7) is 3.89. The number of hydrazine groups is 1. The van der Waals surface area contributed by atoms with Crippen LogP contribution in [-0.2, 0) is 13.6 Å². The van der Waals surface area contributed by atoms with E-state index in [1.165, 1.54) is 22.8 Å². The van der Waals surface area contributed by atoms with Gasteiger partial charge in [0.1, 0.15) is 5.69 Å². The van der Waals surface area contributed by atoms with Crippen LogP contribution in [0, 0.1) is 4.77 Å². The number of carbonyl (C=O) groups is 2. The van der Waals surface area contributed by atoms with Crippen LogP contribution in [0.1, 0.15) is 20.8 Å². The average Bonchev–Trinajstić information content (AvgIpc) is 3.00. The third kappa shape index (κ3) is 3.82. The number of nitrogens with one attached hydrogen (secondary N) is 3. The monoisotopic (exact) mass is 461 g/mol. The zero-order valence-corrected chi connectivity index (χ0v) is 17.2. The predicted molar refractivity (Wildman–Crippen MR) is 112 cm³/mol. The van der Waals surface area contributed by atoms with Crippen molar-refractivity contribution in [1.82, 2.24) is 25.0 Å². The summed E-state index contributed by atoms with van der Waals surface area (Å²) in [7, 11) is 1.71. The molecule has 0 unspecified atom stereocenters. The lowest BCUT2D eigenvalue weighted by Gasteiger charge is -2.09. The molecule has 8 nitrogen and oxygen atoms in total. The highest BCUT2D eigenvalue weighted by atomic mass is 79.9. The number of aryl methyl sites for hydroxylation is 1. The number of H-pyrrole nitrogens is 1. The van der Waals surface area contributed by atoms with Crippen molar-refractivity contribution in [2.75, 3.05) is 0 Å². The Hall–Kier alpha value is -2.98. The number of aromatic nitrogens is 3. The number of nitrogens with zero attached hydrogens (tertiary/aromatic N) is 2. The molecule has 28 heavy (non-hydrogen) atoms. The molecule has 1 aromatic carbocycles. The molecule has 2 amide bonds. The van der Waals surface area contributed by atoms with Crippen molar-refractivity contribution in [3.8, 4) is 0 Å². The number of rotatable bonds is 4. The molecule has 0 aliphatic carbocycles. The lowest BCUT2D eigenvalue weighted by Crippen LogP contribution is -2.42. The van der Waals surface area contributed by atoms with Crippen molar-refractivity contribution in [2.45, 2.75) is 6.54 Å². The molecular formula is C18H16BrN5O3S. The highest BCUT2D eigenvalue weighted by Gasteiger charge is 2.14. The third-order valence-corrected chi connectivity index (χ3v) is 4.81. The molecule has 2 aromatic heterocycles. The van der Waals surface area contributed by atoms with Crippen LogP contribution in [0.25, 0.3) is 10.9 Å². The van der Waals surface area contributed by atoms with Gasteiger partial charge in [-0.1, -0.05) is 6.08 Å². The van der Waals surface area contributed by atoms with E-state index in [9.17, 15) is 14.4 Å². The summed E-state index contributed by atoms with van der Waals surface area (Å²) in [4.78, 5) is 40.0. The maximum absolute atomic E-state index is 12.5. The molecular weight excluding hydrogens is 446 g/mol. The second kappa shape index (κ2) is 7.95. The van der Waals surface area contributed by atoms with Gasteiger partial charge in [-0.05, 0) is 52.4 Å². The lowest BCUT2D eigenvalue weighted by atomic mass is 10.1. The zero-order valence-electron chi connectivity index (χ0n) is 14.8. The van der Waals surface area contributed by atoms with Gasteiger partial charge in [0, 0.05) is 29.8 Å². The Balaban J connectivity index is 1.82. The minimum atomic E-state index is -0.530. The zero-order chi connectivity index (χ0) is 20.4. The van der Waals surface area contributed by atoms with Crippen LogP contribution >= 0.6 is 28.1 Å². The maximum atomic E-state index is 12.5. The van der Waals surface area contributed by atoms with Gasteiger partial charge in [-0.3, -0.25) is 29.8 Å². The van der Waals surface area contributed by atoms with Crippen LogP contribution in [0.2, 0.25) is 0 Å². The Morgan fingerprint density at radius 3 is 2.64 bits per heavy atom. The lowest BCUT2D eigenvalue weighted by molar-refractivity contribution is 0.0842. The molecule has 0 aliphatic heterocycles. The number of benzene rings is 1. The summed E-state index contributed by atoms with van der Waals surface area (Å²) < 4.78 is 3.98. The minimum Gasteiger partial charge on any atom is -0.345 e. The number of carbonyl (C=O) groups excluding carboxylic acids is 2. The third-order valence-electron chi connectivity index (χ3n) is 4.05. The van der Waals surface area contributed by atoms with Crippen molar-refractivity contribution in [1.29, 1.82) is 0 Å². The molecule has 0 saturated carbocycles. The Labute approximate surface area is 173 Å². The molecule has 3 aromatic rings. The van der Waals surface area contributed by atoms with Gasteiger partial charge in [0.15, 0.2) is 4.77 Å². The van der Waals surface area contributed by atoms with Crippen molar-refractivity contribution >= 4 is 50.9 Å². The summed E-state index contributed by atoms with van der Waals surface area (Å²) >= 11 is 8.48. The van der Waals surface area contributed by atoms with E-state index < -0.39 is 11.8 Å². The summed E-state index contributed by atoms with van der Waals surface area (Å²) in [6.07, 6.45) is 3.30. The van der Waals surface area contributed by atoms with Crippen LogP contribution in [-0.4, -0.2) is 25.9 Å². The fourth-order valence-corrected chi connectivity index (χ4v) is 3.48.